The molecule has 1 aliphatic heterocycles. The standard InChI is InChI=1S/C31H27Cl2N7O2/c32-26-9-3-1-8-24(26)28-16-25(23-7-2-4-10-27(23)36-28)31(42)39-14-5-6-22(13-15-39)40-19-21(37-38-40)18-35-30(41)20-11-12-29(33)34-17-20/h1-4,7-12,16-17,19,22H,5-6,13-15,18H2,(H,35,41). The summed E-state index contributed by atoms with van der Waals surface area (Å²) in [6.45, 7) is 1.46. The van der Waals surface area contributed by atoms with Gasteiger partial charge in [0.05, 0.1) is 41.1 Å². The SMILES string of the molecule is O=C(NCc1cn(C2CCCN(C(=O)c3cc(-c4ccccc4Cl)nc4ccccc34)CC2)nn1)c1ccc(Cl)nc1. The van der Waals surface area contributed by atoms with Crippen LogP contribution in [0.1, 0.15) is 51.7 Å². The lowest BCUT2D eigenvalue weighted by molar-refractivity contribution is 0.0761. The smallest absolute Gasteiger partial charge is 0.254 e. The number of pyridine rings is 2. The van der Waals surface area contributed by atoms with E-state index < -0.39 is 0 Å². The molecule has 11 heteroatoms. The molecule has 1 N–H and O–H groups in total. The first-order valence-electron chi connectivity index (χ1n) is 13.7. The molecule has 5 aromatic rings. The largest absolute Gasteiger partial charge is 0.346 e. The quantitative estimate of drug-likeness (QED) is 0.240. The van der Waals surface area contributed by atoms with Crippen LogP contribution in [0.15, 0.2) is 79.1 Å². The minimum absolute atomic E-state index is 0.0266. The predicted molar refractivity (Wildman–Crippen MR) is 161 cm³/mol. The molecule has 1 unspecified atom stereocenters. The fraction of sp³-hybridized carbons (Fsp3) is 0.226. The van der Waals surface area contributed by atoms with Crippen LogP contribution >= 0.6 is 23.2 Å². The molecule has 4 heterocycles. The Morgan fingerprint density at radius 2 is 1.81 bits per heavy atom. The zero-order valence-corrected chi connectivity index (χ0v) is 24.1. The van der Waals surface area contributed by atoms with Gasteiger partial charge in [-0.15, -0.1) is 5.10 Å². The van der Waals surface area contributed by atoms with Gasteiger partial charge >= 0.3 is 0 Å². The highest BCUT2D eigenvalue weighted by molar-refractivity contribution is 6.33. The predicted octanol–water partition coefficient (Wildman–Crippen LogP) is 5.99. The van der Waals surface area contributed by atoms with Gasteiger partial charge in [0.15, 0.2) is 0 Å². The molecule has 1 aliphatic rings. The number of carbonyl (C=O) groups excluding carboxylic acids is 2. The van der Waals surface area contributed by atoms with Crippen LogP contribution in [-0.2, 0) is 6.54 Å². The number of halogens is 2. The van der Waals surface area contributed by atoms with Crippen LogP contribution in [0.2, 0.25) is 10.2 Å². The third kappa shape index (κ3) is 5.98. The van der Waals surface area contributed by atoms with E-state index >= 15 is 0 Å². The zero-order valence-electron chi connectivity index (χ0n) is 22.6. The summed E-state index contributed by atoms with van der Waals surface area (Å²) in [5.74, 6) is -0.292. The summed E-state index contributed by atoms with van der Waals surface area (Å²) < 4.78 is 1.84. The average Bonchev–Trinajstić information content (AvgIpc) is 3.35. The van der Waals surface area contributed by atoms with E-state index in [4.69, 9.17) is 28.2 Å². The van der Waals surface area contributed by atoms with Crippen molar-refractivity contribution < 1.29 is 9.59 Å². The molecule has 1 saturated heterocycles. The number of aromatic nitrogens is 5. The van der Waals surface area contributed by atoms with Gasteiger partial charge in [0.25, 0.3) is 11.8 Å². The first kappa shape index (κ1) is 27.8. The van der Waals surface area contributed by atoms with Gasteiger partial charge in [0.1, 0.15) is 10.8 Å². The van der Waals surface area contributed by atoms with E-state index in [9.17, 15) is 9.59 Å². The summed E-state index contributed by atoms with van der Waals surface area (Å²) in [5.41, 5.74) is 3.89. The molecule has 1 atom stereocenters. The van der Waals surface area contributed by atoms with Gasteiger partial charge in [0.2, 0.25) is 0 Å². The third-order valence-corrected chi connectivity index (χ3v) is 7.99. The Bertz CT molecular complexity index is 1760. The van der Waals surface area contributed by atoms with Crippen molar-refractivity contribution in [3.63, 3.8) is 0 Å². The highest BCUT2D eigenvalue weighted by Gasteiger charge is 2.25. The van der Waals surface area contributed by atoms with E-state index in [1.807, 2.05) is 70.4 Å². The first-order valence-corrected chi connectivity index (χ1v) is 14.5. The number of likely N-dealkylation sites (tertiary alicyclic amines) is 1. The second-order valence-electron chi connectivity index (χ2n) is 10.2. The molecule has 0 aliphatic carbocycles. The highest BCUT2D eigenvalue weighted by atomic mass is 35.5. The summed E-state index contributed by atoms with van der Waals surface area (Å²) in [6, 6.07) is 20.4. The maximum atomic E-state index is 13.9. The fourth-order valence-corrected chi connectivity index (χ4v) is 5.58. The van der Waals surface area contributed by atoms with Crippen molar-refractivity contribution >= 4 is 45.9 Å². The van der Waals surface area contributed by atoms with E-state index in [0.717, 1.165) is 35.7 Å². The van der Waals surface area contributed by atoms with Crippen LogP contribution in [0.3, 0.4) is 0 Å². The molecule has 42 heavy (non-hydrogen) atoms. The van der Waals surface area contributed by atoms with Crippen molar-refractivity contribution in [3.8, 4) is 11.3 Å². The normalized spacial score (nSPS) is 15.4. The molecule has 0 bridgehead atoms. The summed E-state index contributed by atoms with van der Waals surface area (Å²) in [5, 5.41) is 13.1. The molecule has 6 rings (SSSR count). The van der Waals surface area contributed by atoms with Gasteiger partial charge in [0, 0.05) is 35.3 Å². The molecular weight excluding hydrogens is 573 g/mol. The van der Waals surface area contributed by atoms with Gasteiger partial charge in [-0.05, 0) is 49.6 Å². The van der Waals surface area contributed by atoms with Gasteiger partial charge in [-0.2, -0.15) is 0 Å². The number of nitrogens with zero attached hydrogens (tertiary/aromatic N) is 6. The lowest BCUT2D eigenvalue weighted by atomic mass is 10.0. The Balaban J connectivity index is 1.15. The number of rotatable bonds is 6. The lowest BCUT2D eigenvalue weighted by Crippen LogP contribution is -2.32. The minimum atomic E-state index is -0.265. The number of benzene rings is 2. The van der Waals surface area contributed by atoms with Crippen molar-refractivity contribution in [1.29, 1.82) is 0 Å². The van der Waals surface area contributed by atoms with Crippen molar-refractivity contribution in [2.45, 2.75) is 31.8 Å². The monoisotopic (exact) mass is 599 g/mol. The molecule has 212 valence electrons. The summed E-state index contributed by atoms with van der Waals surface area (Å²) in [6.07, 6.45) is 5.70. The molecule has 1 fully saturated rings. The third-order valence-electron chi connectivity index (χ3n) is 7.43. The number of carbonyl (C=O) groups is 2. The Kier molecular flexibility index (Phi) is 8.12. The zero-order chi connectivity index (χ0) is 29.1. The van der Waals surface area contributed by atoms with E-state index in [0.29, 0.717) is 45.8 Å². The molecular formula is C31H27Cl2N7O2. The maximum Gasteiger partial charge on any atom is 0.254 e. The Morgan fingerprint density at radius 1 is 0.976 bits per heavy atom. The fourth-order valence-electron chi connectivity index (χ4n) is 5.23. The second kappa shape index (κ2) is 12.3. The number of nitrogens with one attached hydrogen (secondary N) is 1. The van der Waals surface area contributed by atoms with E-state index in [2.05, 4.69) is 20.6 Å². The first-order chi connectivity index (χ1) is 20.5. The van der Waals surface area contributed by atoms with Crippen LogP contribution in [0.25, 0.3) is 22.2 Å². The lowest BCUT2D eigenvalue weighted by Gasteiger charge is -2.22. The highest BCUT2D eigenvalue weighted by Crippen LogP contribution is 2.31. The molecule has 2 amide bonds. The van der Waals surface area contributed by atoms with Gasteiger partial charge < -0.3 is 10.2 Å². The summed E-state index contributed by atoms with van der Waals surface area (Å²) >= 11 is 12.3. The van der Waals surface area contributed by atoms with E-state index in [1.54, 1.807) is 12.1 Å². The van der Waals surface area contributed by atoms with Crippen molar-refractivity contribution in [3.05, 3.63) is 106 Å². The Labute approximate surface area is 252 Å². The molecule has 9 nitrogen and oxygen atoms in total. The number of hydrogen-bond acceptors (Lipinski definition) is 6. The Morgan fingerprint density at radius 3 is 2.64 bits per heavy atom. The van der Waals surface area contributed by atoms with Crippen molar-refractivity contribution in [2.75, 3.05) is 13.1 Å². The molecule has 0 spiro atoms. The van der Waals surface area contributed by atoms with Crippen LogP contribution in [0.5, 0.6) is 0 Å². The molecule has 0 saturated carbocycles. The molecule has 2 aromatic carbocycles. The number of para-hydroxylation sites is 1. The van der Waals surface area contributed by atoms with Crippen LogP contribution in [-0.4, -0.2) is 54.8 Å². The van der Waals surface area contributed by atoms with Crippen LogP contribution in [0.4, 0.5) is 0 Å². The maximum absolute atomic E-state index is 13.9. The van der Waals surface area contributed by atoms with Gasteiger partial charge in [-0.25, -0.2) is 14.6 Å². The summed E-state index contributed by atoms with van der Waals surface area (Å²) in [7, 11) is 0. The second-order valence-corrected chi connectivity index (χ2v) is 11.0. The topological polar surface area (TPSA) is 106 Å². The number of fused-ring (bicyclic) bond motifs is 1. The van der Waals surface area contributed by atoms with Gasteiger partial charge in [-0.3, -0.25) is 9.59 Å². The van der Waals surface area contributed by atoms with E-state index in [-0.39, 0.29) is 24.4 Å². The van der Waals surface area contributed by atoms with Crippen molar-refractivity contribution in [2.24, 2.45) is 0 Å². The molecule has 3 aromatic heterocycles. The average molecular weight is 601 g/mol. The van der Waals surface area contributed by atoms with Crippen LogP contribution in [0, 0.1) is 0 Å². The minimum Gasteiger partial charge on any atom is -0.346 e. The number of amides is 2. The van der Waals surface area contributed by atoms with Crippen molar-refractivity contribution in [1.82, 2.24) is 35.2 Å². The number of hydrogen-bond donors (Lipinski definition) is 1. The van der Waals surface area contributed by atoms with Crippen LogP contribution < -0.4 is 5.32 Å². The molecule has 0 radical (unpaired) electrons. The van der Waals surface area contributed by atoms with Gasteiger partial charge in [-0.1, -0.05) is 64.8 Å². The Hall–Kier alpha value is -4.34. The van der Waals surface area contributed by atoms with E-state index in [1.165, 1.54) is 6.20 Å². The summed E-state index contributed by atoms with van der Waals surface area (Å²) in [4.78, 5) is 37.0.